The van der Waals surface area contributed by atoms with Crippen molar-refractivity contribution in [3.63, 3.8) is 0 Å². The number of nitrogens with zero attached hydrogens (tertiary/aromatic N) is 1. The number of ether oxygens (including phenoxy) is 3. The van der Waals surface area contributed by atoms with Crippen molar-refractivity contribution in [1.29, 1.82) is 0 Å². The lowest BCUT2D eigenvalue weighted by Crippen LogP contribution is -2.26. The second-order valence-electron chi connectivity index (χ2n) is 8.85. The highest BCUT2D eigenvalue weighted by Crippen LogP contribution is 2.33. The summed E-state index contributed by atoms with van der Waals surface area (Å²) >= 11 is 0. The molecule has 0 saturated carbocycles. The third-order valence-electron chi connectivity index (χ3n) is 5.78. The minimum absolute atomic E-state index is 0.0508. The molecule has 3 aromatic carbocycles. The van der Waals surface area contributed by atoms with E-state index in [2.05, 4.69) is 6.07 Å². The van der Waals surface area contributed by atoms with Crippen LogP contribution in [0.1, 0.15) is 39.9 Å². The molecule has 0 amide bonds. The molecule has 190 valence electrons. The highest BCUT2D eigenvalue weighted by atomic mass is 16.5. The van der Waals surface area contributed by atoms with Gasteiger partial charge in [0.1, 0.15) is 22.8 Å². The van der Waals surface area contributed by atoms with E-state index in [9.17, 15) is 14.7 Å². The van der Waals surface area contributed by atoms with E-state index in [0.717, 1.165) is 29.9 Å². The third-order valence-corrected chi connectivity index (χ3v) is 5.78. The number of para-hydroxylation sites is 2. The van der Waals surface area contributed by atoms with Gasteiger partial charge in [0.05, 0.1) is 13.7 Å². The summed E-state index contributed by atoms with van der Waals surface area (Å²) in [7, 11) is 5.52. The van der Waals surface area contributed by atoms with E-state index >= 15 is 0 Å². The molecule has 0 heterocycles. The molecule has 0 spiro atoms. The van der Waals surface area contributed by atoms with Crippen LogP contribution >= 0.6 is 0 Å². The lowest BCUT2D eigenvalue weighted by molar-refractivity contribution is -0.131. The predicted octanol–water partition coefficient (Wildman–Crippen LogP) is 4.83. The first-order chi connectivity index (χ1) is 17.3. The van der Waals surface area contributed by atoms with Gasteiger partial charge in [-0.1, -0.05) is 42.5 Å². The zero-order chi connectivity index (χ0) is 26.1. The summed E-state index contributed by atoms with van der Waals surface area (Å²) < 4.78 is 17.0. The second-order valence-corrected chi connectivity index (χ2v) is 8.85. The van der Waals surface area contributed by atoms with Crippen molar-refractivity contribution in [2.24, 2.45) is 0 Å². The molecule has 7 nitrogen and oxygen atoms in total. The van der Waals surface area contributed by atoms with Crippen LogP contribution in [0, 0.1) is 0 Å². The van der Waals surface area contributed by atoms with Gasteiger partial charge in [0, 0.05) is 24.9 Å². The first kappa shape index (κ1) is 26.8. The Labute approximate surface area is 212 Å². The number of carbonyl (C=O) groups excluding carboxylic acids is 1. The van der Waals surface area contributed by atoms with Crippen LogP contribution in [0.4, 0.5) is 0 Å². The van der Waals surface area contributed by atoms with Crippen molar-refractivity contribution in [1.82, 2.24) is 4.90 Å². The van der Waals surface area contributed by atoms with Crippen molar-refractivity contribution in [2.75, 3.05) is 34.4 Å². The Kier molecular flexibility index (Phi) is 9.47. The molecule has 0 saturated heterocycles. The average Bonchev–Trinajstić information content (AvgIpc) is 2.85. The van der Waals surface area contributed by atoms with Crippen LogP contribution in [-0.4, -0.2) is 56.3 Å². The molecule has 1 unspecified atom stereocenters. The fourth-order valence-electron chi connectivity index (χ4n) is 4.13. The molecule has 7 heteroatoms. The van der Waals surface area contributed by atoms with Gasteiger partial charge in [-0.25, -0.2) is 4.79 Å². The topological polar surface area (TPSA) is 85.3 Å². The van der Waals surface area contributed by atoms with Crippen molar-refractivity contribution < 1.29 is 28.9 Å². The zero-order valence-electron chi connectivity index (χ0n) is 21.2. The molecule has 1 atom stereocenters. The summed E-state index contributed by atoms with van der Waals surface area (Å²) in [6, 6.07) is 20.8. The number of carbonyl (C=O) groups is 2. The lowest BCUT2D eigenvalue weighted by Gasteiger charge is -2.25. The summed E-state index contributed by atoms with van der Waals surface area (Å²) in [5, 5.41) is 9.66. The molecule has 3 rings (SSSR count). The van der Waals surface area contributed by atoms with Crippen LogP contribution in [0.15, 0.2) is 66.7 Å². The first-order valence-corrected chi connectivity index (χ1v) is 11.8. The van der Waals surface area contributed by atoms with Gasteiger partial charge in [-0.15, -0.1) is 0 Å². The van der Waals surface area contributed by atoms with Gasteiger partial charge < -0.3 is 24.2 Å². The molecule has 0 fully saturated rings. The quantitative estimate of drug-likeness (QED) is 0.287. The molecule has 36 heavy (non-hydrogen) atoms. The Morgan fingerprint density at radius 1 is 0.972 bits per heavy atom. The molecule has 0 aliphatic heterocycles. The Morgan fingerprint density at radius 2 is 1.72 bits per heavy atom. The monoisotopic (exact) mass is 491 g/mol. The van der Waals surface area contributed by atoms with Crippen molar-refractivity contribution >= 4 is 11.9 Å². The Balaban J connectivity index is 1.83. The number of hydrogen-bond donors (Lipinski definition) is 1. The maximum absolute atomic E-state index is 11.8. The van der Waals surface area contributed by atoms with E-state index in [1.54, 1.807) is 19.2 Å². The van der Waals surface area contributed by atoms with E-state index < -0.39 is 11.9 Å². The largest absolute Gasteiger partial charge is 0.497 e. The number of benzene rings is 3. The summed E-state index contributed by atoms with van der Waals surface area (Å²) in [4.78, 5) is 25.6. The van der Waals surface area contributed by atoms with E-state index in [1.165, 1.54) is 18.6 Å². The molecule has 0 radical (unpaired) electrons. The molecule has 3 aromatic rings. The highest BCUT2D eigenvalue weighted by molar-refractivity contribution is 5.92. The highest BCUT2D eigenvalue weighted by Gasteiger charge is 2.24. The zero-order valence-corrected chi connectivity index (χ0v) is 21.2. The number of carboxylic acids is 1. The molecule has 1 N–H and O–H groups in total. The number of aryl methyl sites for hydroxylation is 2. The van der Waals surface area contributed by atoms with E-state index in [4.69, 9.17) is 14.2 Å². The van der Waals surface area contributed by atoms with Crippen LogP contribution in [0.5, 0.6) is 17.2 Å². The SMILES string of the molecule is COc1cccc(CCc2ccccc2OCC(CN(C)C)c2cccc(C(=O)O)c2OC(C)=O)c1. The van der Waals surface area contributed by atoms with Crippen LogP contribution in [0.25, 0.3) is 0 Å². The first-order valence-electron chi connectivity index (χ1n) is 11.8. The van der Waals surface area contributed by atoms with Crippen LogP contribution < -0.4 is 14.2 Å². The summed E-state index contributed by atoms with van der Waals surface area (Å²) in [5.74, 6) is -0.291. The molecule has 0 aromatic heterocycles. The fourth-order valence-corrected chi connectivity index (χ4v) is 4.13. The Morgan fingerprint density at radius 3 is 2.42 bits per heavy atom. The Bertz CT molecular complexity index is 1190. The van der Waals surface area contributed by atoms with Crippen LogP contribution in [0.2, 0.25) is 0 Å². The van der Waals surface area contributed by atoms with Gasteiger partial charge in [0.2, 0.25) is 0 Å². The number of carboxylic acid groups (broad SMARTS) is 1. The van der Waals surface area contributed by atoms with Gasteiger partial charge in [0.25, 0.3) is 0 Å². The van der Waals surface area contributed by atoms with Crippen molar-refractivity contribution in [2.45, 2.75) is 25.7 Å². The summed E-state index contributed by atoms with van der Waals surface area (Å²) in [6.45, 7) is 2.12. The van der Waals surface area contributed by atoms with Crippen molar-refractivity contribution in [3.8, 4) is 17.2 Å². The summed E-state index contributed by atoms with van der Waals surface area (Å²) in [5.41, 5.74) is 2.81. The van der Waals surface area contributed by atoms with Crippen LogP contribution in [0.3, 0.4) is 0 Å². The number of hydrogen-bond acceptors (Lipinski definition) is 6. The van der Waals surface area contributed by atoms with E-state index in [1.807, 2.05) is 61.5 Å². The van der Waals surface area contributed by atoms with E-state index in [0.29, 0.717) is 12.1 Å². The Hall–Kier alpha value is -3.84. The molecular weight excluding hydrogens is 458 g/mol. The van der Waals surface area contributed by atoms with Gasteiger partial charge in [0.15, 0.2) is 0 Å². The van der Waals surface area contributed by atoms with Gasteiger partial charge in [-0.05, 0) is 62.3 Å². The number of rotatable bonds is 12. The number of esters is 1. The minimum atomic E-state index is -1.15. The van der Waals surface area contributed by atoms with Crippen molar-refractivity contribution in [3.05, 3.63) is 89.0 Å². The maximum Gasteiger partial charge on any atom is 0.339 e. The fraction of sp³-hybridized carbons (Fsp3) is 0.310. The molecule has 0 aliphatic rings. The minimum Gasteiger partial charge on any atom is -0.497 e. The second kappa shape index (κ2) is 12.7. The normalized spacial score (nSPS) is 11.7. The molecule has 0 bridgehead atoms. The standard InChI is InChI=1S/C29H33NO6/c1-20(31)36-28-25(12-8-13-26(28)29(32)33)23(18-30(2)3)19-35-27-14-6-5-10-22(27)16-15-21-9-7-11-24(17-21)34-4/h5-14,17,23H,15-16,18-19H2,1-4H3,(H,32,33). The predicted molar refractivity (Wildman–Crippen MR) is 138 cm³/mol. The van der Waals surface area contributed by atoms with Crippen LogP contribution in [-0.2, 0) is 17.6 Å². The van der Waals surface area contributed by atoms with Gasteiger partial charge in [-0.2, -0.15) is 0 Å². The number of aromatic carboxylic acids is 1. The molecular formula is C29H33NO6. The third kappa shape index (κ3) is 7.33. The summed E-state index contributed by atoms with van der Waals surface area (Å²) in [6.07, 6.45) is 1.62. The molecule has 0 aliphatic carbocycles. The number of methoxy groups -OCH3 is 1. The van der Waals surface area contributed by atoms with Gasteiger partial charge in [-0.3, -0.25) is 4.79 Å². The van der Waals surface area contributed by atoms with Gasteiger partial charge >= 0.3 is 11.9 Å². The lowest BCUT2D eigenvalue weighted by atomic mass is 9.95. The number of likely N-dealkylation sites (N-methyl/N-ethyl adjacent to an activating group) is 1. The smallest absolute Gasteiger partial charge is 0.339 e. The average molecular weight is 492 g/mol. The van der Waals surface area contributed by atoms with E-state index in [-0.39, 0.29) is 23.8 Å². The maximum atomic E-state index is 11.8.